The van der Waals surface area contributed by atoms with Crippen LogP contribution in [0.15, 0.2) is 52.0 Å². The quantitative estimate of drug-likeness (QED) is 0.839. The zero-order valence-corrected chi connectivity index (χ0v) is 13.8. The average Bonchev–Trinajstić information content (AvgIpc) is 2.97. The van der Waals surface area contributed by atoms with Crippen LogP contribution in [-0.2, 0) is 6.42 Å². The number of fused-ring (bicyclic) bond motifs is 3. The first-order chi connectivity index (χ1) is 11.6. The summed E-state index contributed by atoms with van der Waals surface area (Å²) < 4.78 is 1.83. The first-order valence-electron chi connectivity index (χ1n) is 7.68. The highest BCUT2D eigenvalue weighted by atomic mass is 35.5. The van der Waals surface area contributed by atoms with E-state index in [9.17, 15) is 0 Å². The van der Waals surface area contributed by atoms with E-state index in [4.69, 9.17) is 16.9 Å². The van der Waals surface area contributed by atoms with Crippen molar-refractivity contribution in [1.29, 1.82) is 5.26 Å². The number of benzene rings is 1. The Bertz CT molecular complexity index is 945. The lowest BCUT2D eigenvalue weighted by Crippen LogP contribution is -2.26. The Morgan fingerprint density at radius 3 is 3.04 bits per heavy atom. The summed E-state index contributed by atoms with van der Waals surface area (Å²) >= 11 is 6.43. The van der Waals surface area contributed by atoms with Crippen LogP contribution in [0.2, 0.25) is 0 Å². The molecule has 0 spiro atoms. The zero-order chi connectivity index (χ0) is 16.7. The van der Waals surface area contributed by atoms with Gasteiger partial charge >= 0.3 is 0 Å². The van der Waals surface area contributed by atoms with Gasteiger partial charge in [-0.25, -0.2) is 14.7 Å². The molecule has 4 rings (SSSR count). The molecule has 0 saturated carbocycles. The summed E-state index contributed by atoms with van der Waals surface area (Å²) in [5.74, 6) is 0.842. The molecule has 1 aromatic heterocycles. The minimum atomic E-state index is -0.173. The van der Waals surface area contributed by atoms with Crippen molar-refractivity contribution in [1.82, 2.24) is 9.78 Å². The first kappa shape index (κ1) is 14.9. The predicted octanol–water partition coefficient (Wildman–Crippen LogP) is 3.71. The third-order valence-electron chi connectivity index (χ3n) is 4.17. The topological polar surface area (TPSA) is 66.3 Å². The molecule has 3 heterocycles. The SMILES string of the molecule is Cc1cc2n(n1)C1N=C(Cl)C(Cc3cccc(C#N)c3)=CC1C=N2. The molecule has 5 nitrogen and oxygen atoms in total. The molecular weight excluding hydrogens is 322 g/mol. The largest absolute Gasteiger partial charge is 0.245 e. The smallest absolute Gasteiger partial charge is 0.156 e. The van der Waals surface area contributed by atoms with Gasteiger partial charge in [-0.05, 0) is 30.2 Å². The number of hydrogen-bond acceptors (Lipinski definition) is 4. The van der Waals surface area contributed by atoms with Gasteiger partial charge in [-0.15, -0.1) is 0 Å². The fourth-order valence-electron chi connectivity index (χ4n) is 3.07. The second kappa shape index (κ2) is 5.73. The summed E-state index contributed by atoms with van der Waals surface area (Å²) in [5.41, 5.74) is 3.55. The first-order valence-corrected chi connectivity index (χ1v) is 8.05. The number of dihydropyridines is 1. The summed E-state index contributed by atoms with van der Waals surface area (Å²) in [5, 5.41) is 14.0. The molecule has 2 atom stereocenters. The van der Waals surface area contributed by atoms with Crippen LogP contribution in [0.25, 0.3) is 0 Å². The van der Waals surface area contributed by atoms with E-state index in [1.165, 1.54) is 0 Å². The number of aliphatic imine (C=N–C) groups is 2. The highest BCUT2D eigenvalue weighted by Gasteiger charge is 2.31. The van der Waals surface area contributed by atoms with Crippen LogP contribution in [0.1, 0.15) is 23.0 Å². The molecule has 0 N–H and O–H groups in total. The molecular formula is C18H14ClN5. The monoisotopic (exact) mass is 335 g/mol. The highest BCUT2D eigenvalue weighted by Crippen LogP contribution is 2.35. The van der Waals surface area contributed by atoms with Crippen LogP contribution in [-0.4, -0.2) is 21.2 Å². The van der Waals surface area contributed by atoms with Crippen molar-refractivity contribution in [3.63, 3.8) is 0 Å². The van der Waals surface area contributed by atoms with Crippen molar-refractivity contribution in [3.8, 4) is 6.07 Å². The van der Waals surface area contributed by atoms with E-state index < -0.39 is 0 Å². The van der Waals surface area contributed by atoms with Gasteiger partial charge in [0.2, 0.25) is 0 Å². The lowest BCUT2D eigenvalue weighted by atomic mass is 9.95. The summed E-state index contributed by atoms with van der Waals surface area (Å²) in [6.07, 6.45) is 4.47. The van der Waals surface area contributed by atoms with Crippen molar-refractivity contribution in [2.24, 2.45) is 15.9 Å². The van der Waals surface area contributed by atoms with E-state index in [2.05, 4.69) is 27.2 Å². The maximum Gasteiger partial charge on any atom is 0.156 e. The third kappa shape index (κ3) is 2.55. The van der Waals surface area contributed by atoms with Crippen LogP contribution in [0.5, 0.6) is 0 Å². The lowest BCUT2D eigenvalue weighted by molar-refractivity contribution is 0.423. The Kier molecular flexibility index (Phi) is 3.55. The molecule has 0 amide bonds. The van der Waals surface area contributed by atoms with Crippen molar-refractivity contribution in [2.45, 2.75) is 19.5 Å². The van der Waals surface area contributed by atoms with Gasteiger partial charge in [0, 0.05) is 18.7 Å². The molecule has 0 fully saturated rings. The van der Waals surface area contributed by atoms with Gasteiger partial charge in [0.25, 0.3) is 0 Å². The molecule has 2 aliphatic heterocycles. The fourth-order valence-corrected chi connectivity index (χ4v) is 3.30. The number of aryl methyl sites for hydroxylation is 1. The van der Waals surface area contributed by atoms with E-state index in [1.54, 1.807) is 6.07 Å². The summed E-state index contributed by atoms with van der Waals surface area (Å²) in [6, 6.07) is 11.6. The molecule has 0 bridgehead atoms. The van der Waals surface area contributed by atoms with Gasteiger partial charge in [0.1, 0.15) is 5.17 Å². The molecule has 6 heteroatoms. The molecule has 0 aliphatic carbocycles. The number of halogens is 1. The second-order valence-electron chi connectivity index (χ2n) is 5.96. The second-order valence-corrected chi connectivity index (χ2v) is 6.32. The number of rotatable bonds is 2. The minimum Gasteiger partial charge on any atom is -0.245 e. The van der Waals surface area contributed by atoms with Crippen molar-refractivity contribution in [2.75, 3.05) is 0 Å². The summed E-state index contributed by atoms with van der Waals surface area (Å²) in [4.78, 5) is 9.10. The molecule has 118 valence electrons. The van der Waals surface area contributed by atoms with E-state index in [0.29, 0.717) is 17.2 Å². The molecule has 0 saturated heterocycles. The normalized spacial score (nSPS) is 21.4. The van der Waals surface area contributed by atoms with Crippen molar-refractivity contribution < 1.29 is 0 Å². The lowest BCUT2D eigenvalue weighted by Gasteiger charge is -2.28. The van der Waals surface area contributed by atoms with Gasteiger partial charge in [0.15, 0.2) is 12.0 Å². The minimum absolute atomic E-state index is 0.0356. The predicted molar refractivity (Wildman–Crippen MR) is 93.9 cm³/mol. The van der Waals surface area contributed by atoms with Gasteiger partial charge in [0.05, 0.1) is 23.2 Å². The maximum absolute atomic E-state index is 9.03. The van der Waals surface area contributed by atoms with Crippen LogP contribution >= 0.6 is 11.6 Å². The zero-order valence-electron chi connectivity index (χ0n) is 13.0. The average molecular weight is 336 g/mol. The van der Waals surface area contributed by atoms with Crippen LogP contribution in [0.3, 0.4) is 0 Å². The van der Waals surface area contributed by atoms with E-state index in [0.717, 1.165) is 22.6 Å². The van der Waals surface area contributed by atoms with Crippen molar-refractivity contribution in [3.05, 3.63) is 58.8 Å². The molecule has 0 radical (unpaired) electrons. The number of nitrogens with zero attached hydrogens (tertiary/aromatic N) is 5. The van der Waals surface area contributed by atoms with Gasteiger partial charge in [-0.2, -0.15) is 10.4 Å². The number of aromatic nitrogens is 2. The number of hydrogen-bond donors (Lipinski definition) is 0. The molecule has 2 unspecified atom stereocenters. The van der Waals surface area contributed by atoms with E-state index >= 15 is 0 Å². The van der Waals surface area contributed by atoms with Gasteiger partial charge in [-0.3, -0.25) is 0 Å². The Morgan fingerprint density at radius 1 is 1.33 bits per heavy atom. The molecule has 1 aromatic carbocycles. The van der Waals surface area contributed by atoms with Crippen LogP contribution in [0, 0.1) is 24.2 Å². The summed E-state index contributed by atoms with van der Waals surface area (Å²) in [7, 11) is 0. The Balaban J connectivity index is 1.65. The van der Waals surface area contributed by atoms with E-state index in [1.807, 2.05) is 42.1 Å². The van der Waals surface area contributed by atoms with E-state index in [-0.39, 0.29) is 12.1 Å². The Morgan fingerprint density at radius 2 is 2.21 bits per heavy atom. The highest BCUT2D eigenvalue weighted by molar-refractivity contribution is 6.69. The van der Waals surface area contributed by atoms with Gasteiger partial charge < -0.3 is 0 Å². The van der Waals surface area contributed by atoms with Crippen LogP contribution in [0.4, 0.5) is 5.82 Å². The number of nitriles is 1. The van der Waals surface area contributed by atoms with Crippen molar-refractivity contribution >= 4 is 28.8 Å². The Labute approximate surface area is 144 Å². The van der Waals surface area contributed by atoms with Crippen LogP contribution < -0.4 is 0 Å². The summed E-state index contributed by atoms with van der Waals surface area (Å²) in [6.45, 7) is 1.94. The Hall–Kier alpha value is -2.71. The standard InChI is InChI=1S/C18H14ClN5/c1-11-5-16-21-10-15-8-14(17(19)22-18(15)24(16)23-11)7-12-3-2-4-13(6-12)9-20/h2-6,8,10,15,18H,7H2,1H3. The molecule has 24 heavy (non-hydrogen) atoms. The fraction of sp³-hybridized carbons (Fsp3) is 0.222. The third-order valence-corrected chi connectivity index (χ3v) is 4.51. The number of allylic oxidation sites excluding steroid dienone is 1. The molecule has 2 aromatic rings. The maximum atomic E-state index is 9.03. The molecule has 2 aliphatic rings. The van der Waals surface area contributed by atoms with Gasteiger partial charge in [-0.1, -0.05) is 29.8 Å².